The van der Waals surface area contributed by atoms with Gasteiger partial charge in [0.15, 0.2) is 0 Å². The molecular weight excluding hydrogens is 396 g/mol. The third kappa shape index (κ3) is 4500000. The average Bonchev–Trinajstić information content (AvgIpc) is 0.811. The zero-order chi connectivity index (χ0) is 3.58. The fraction of sp³-hybridized carbons (Fsp3) is 0. The van der Waals surface area contributed by atoms with Crippen molar-refractivity contribution in [1.82, 2.24) is 0 Å². The van der Waals surface area contributed by atoms with Crippen LogP contribution in [0.15, 0.2) is 0 Å². The quantitative estimate of drug-likeness (QED) is 0.304. The van der Waals surface area contributed by atoms with Crippen LogP contribution < -0.4 is 0 Å². The molecule has 0 saturated heterocycles. The molecular formula is H13NO9U. The molecule has 10 nitrogen and oxygen atoms in total. The van der Waals surface area contributed by atoms with Gasteiger partial charge in [-0.15, -0.1) is 10.1 Å². The minimum Gasteiger partial charge on any atom is -0.412 e. The van der Waals surface area contributed by atoms with Gasteiger partial charge >= 0.3 is 0 Å². The van der Waals surface area contributed by atoms with Gasteiger partial charge in [-0.25, -0.2) is 0 Å². The van der Waals surface area contributed by atoms with E-state index in [1.807, 2.05) is 0 Å². The Morgan fingerprint density at radius 1 is 0.909 bits per heavy atom. The van der Waals surface area contributed by atoms with E-state index < -0.39 is 5.09 Å². The summed E-state index contributed by atoms with van der Waals surface area (Å²) in [6.07, 6.45) is 0. The maximum Gasteiger partial charge on any atom is 0.291 e. The Morgan fingerprint density at radius 2 is 0.909 bits per heavy atom. The maximum absolute atomic E-state index is 8.36. The molecule has 0 aromatic rings. The van der Waals surface area contributed by atoms with Gasteiger partial charge in [-0.3, -0.25) is 0 Å². The summed E-state index contributed by atoms with van der Waals surface area (Å²) in [5.74, 6) is 0. The van der Waals surface area contributed by atoms with Gasteiger partial charge in [-0.05, 0) is 0 Å². The van der Waals surface area contributed by atoms with E-state index in [-0.39, 0.29) is 64.0 Å². The van der Waals surface area contributed by atoms with Crippen LogP contribution in [-0.2, 0) is 0 Å². The van der Waals surface area contributed by atoms with Gasteiger partial charge in [-0.1, -0.05) is 0 Å². The monoisotopic (exact) mass is 409 g/mol. The van der Waals surface area contributed by atoms with E-state index in [0.29, 0.717) is 0 Å². The summed E-state index contributed by atoms with van der Waals surface area (Å²) in [4.78, 5) is 8.36. The van der Waals surface area contributed by atoms with Crippen molar-refractivity contribution in [3.8, 4) is 0 Å². The number of nitrogens with zero attached hydrogens (tertiary/aromatic N) is 1. The standard InChI is InChI=1S/HNO3.6H2O.U/c2-1(3)4;;;;;;;/h(H,2,3,4);6*1H2;. The first-order chi connectivity index (χ1) is 1.73. The Labute approximate surface area is 84.5 Å². The van der Waals surface area contributed by atoms with Gasteiger partial charge < -0.3 is 38.1 Å². The molecule has 0 unspecified atom stereocenters. The van der Waals surface area contributed by atoms with Crippen LogP contribution >= 0.6 is 0 Å². The molecule has 0 aliphatic carbocycles. The molecule has 0 saturated carbocycles. The summed E-state index contributed by atoms with van der Waals surface area (Å²) >= 11 is 0. The molecule has 0 fully saturated rings. The molecule has 11 heteroatoms. The first-order valence-electron chi connectivity index (χ1n) is 0.565. The zero-order valence-corrected chi connectivity index (χ0v) is 9.37. The van der Waals surface area contributed by atoms with E-state index in [0.717, 1.165) is 0 Å². The van der Waals surface area contributed by atoms with Crippen LogP contribution in [0.3, 0.4) is 0 Å². The van der Waals surface area contributed by atoms with Gasteiger partial charge in [0, 0.05) is 31.1 Å². The molecule has 0 radical (unpaired) electrons. The van der Waals surface area contributed by atoms with Crippen molar-refractivity contribution in [3.63, 3.8) is 0 Å². The van der Waals surface area contributed by atoms with E-state index in [2.05, 4.69) is 0 Å². The fourth-order valence-corrected chi connectivity index (χ4v) is 0. The normalized spacial score (nSPS) is 2.18. The Hall–Kier alpha value is 0.0119. The molecule has 76 valence electrons. The molecule has 0 rings (SSSR count). The summed E-state index contributed by atoms with van der Waals surface area (Å²) < 4.78 is 0. The van der Waals surface area contributed by atoms with Crippen LogP contribution in [0.2, 0.25) is 0 Å². The third-order valence-electron chi connectivity index (χ3n) is 0. The largest absolute Gasteiger partial charge is 0.412 e. The second kappa shape index (κ2) is 89.6. The van der Waals surface area contributed by atoms with Crippen LogP contribution in [-0.4, -0.2) is 43.2 Å². The fourth-order valence-electron chi connectivity index (χ4n) is 0. The maximum atomic E-state index is 8.36. The molecule has 0 bridgehead atoms. The van der Waals surface area contributed by atoms with Crippen molar-refractivity contribution < 1.29 is 74.3 Å². The zero-order valence-electron chi connectivity index (χ0n) is 5.21. The molecule has 0 aliphatic rings. The molecule has 13 N–H and O–H groups in total. The predicted octanol–water partition coefficient (Wildman–Crippen LogP) is -5.30. The van der Waals surface area contributed by atoms with Crippen molar-refractivity contribution in [2.75, 3.05) is 0 Å². The smallest absolute Gasteiger partial charge is 0.291 e. The Morgan fingerprint density at radius 3 is 0.909 bits per heavy atom. The second-order valence-corrected chi connectivity index (χ2v) is 0.238. The minimum absolute atomic E-state index is 0. The Kier molecular flexibility index (Phi) is 991. The number of hydrogen-bond acceptors (Lipinski definition) is 2. The van der Waals surface area contributed by atoms with Crippen LogP contribution in [0.1, 0.15) is 0 Å². The van der Waals surface area contributed by atoms with Gasteiger partial charge in [0.1, 0.15) is 0 Å². The molecule has 11 heavy (non-hydrogen) atoms. The first-order valence-corrected chi connectivity index (χ1v) is 0.565. The number of hydrogen-bond donors (Lipinski definition) is 1. The molecule has 0 aliphatic heterocycles. The molecule has 0 atom stereocenters. The van der Waals surface area contributed by atoms with E-state index in [9.17, 15) is 0 Å². The average molecular weight is 409 g/mol. The predicted molar refractivity (Wildman–Crippen MR) is 30.5 cm³/mol. The van der Waals surface area contributed by atoms with Gasteiger partial charge in [0.25, 0.3) is 5.09 Å². The van der Waals surface area contributed by atoms with Crippen molar-refractivity contribution in [2.24, 2.45) is 0 Å². The summed E-state index contributed by atoms with van der Waals surface area (Å²) in [5.41, 5.74) is 0. The molecule has 0 spiro atoms. The van der Waals surface area contributed by atoms with Gasteiger partial charge in [0.2, 0.25) is 0 Å². The number of rotatable bonds is 0. The molecule has 0 heterocycles. The Bertz CT molecular complexity index is 32.5. The van der Waals surface area contributed by atoms with Crippen molar-refractivity contribution in [1.29, 1.82) is 0 Å². The van der Waals surface area contributed by atoms with Crippen LogP contribution in [0.5, 0.6) is 0 Å². The molecule has 0 aromatic heterocycles. The SMILES string of the molecule is O.O.O.O.O.O.O=[N+]([O-])O.[U]. The summed E-state index contributed by atoms with van der Waals surface area (Å²) in [7, 11) is 0. The second-order valence-electron chi connectivity index (χ2n) is 0.238. The van der Waals surface area contributed by atoms with Crippen molar-refractivity contribution in [3.05, 3.63) is 10.1 Å². The molecule has 0 amide bonds. The first kappa shape index (κ1) is 122. The van der Waals surface area contributed by atoms with Gasteiger partial charge in [-0.2, -0.15) is 0 Å². The van der Waals surface area contributed by atoms with Crippen molar-refractivity contribution in [2.45, 2.75) is 0 Å². The van der Waals surface area contributed by atoms with E-state index in [4.69, 9.17) is 15.3 Å². The van der Waals surface area contributed by atoms with Crippen LogP contribution in [0.4, 0.5) is 0 Å². The summed E-state index contributed by atoms with van der Waals surface area (Å²) in [6.45, 7) is 0. The van der Waals surface area contributed by atoms with Crippen LogP contribution in [0, 0.1) is 41.2 Å². The third-order valence-corrected chi connectivity index (χ3v) is 0. The summed E-state index contributed by atoms with van der Waals surface area (Å²) in [5, 5.41) is 13.6. The van der Waals surface area contributed by atoms with E-state index in [1.54, 1.807) is 0 Å². The van der Waals surface area contributed by atoms with Crippen molar-refractivity contribution >= 4 is 0 Å². The van der Waals surface area contributed by atoms with E-state index >= 15 is 0 Å². The van der Waals surface area contributed by atoms with E-state index in [1.165, 1.54) is 0 Å². The molecule has 0 aromatic carbocycles. The van der Waals surface area contributed by atoms with Crippen LogP contribution in [0.25, 0.3) is 0 Å². The minimum atomic E-state index is -1.50. The van der Waals surface area contributed by atoms with Gasteiger partial charge in [0.05, 0.1) is 0 Å². The summed E-state index contributed by atoms with van der Waals surface area (Å²) in [6, 6.07) is 0. The Balaban J connectivity index is -0.00000000214. The topological polar surface area (TPSA) is 252 Å².